The molecular formula is C33H48N2O4. The Hall–Kier alpha value is -1.76. The summed E-state index contributed by atoms with van der Waals surface area (Å²) in [6, 6.07) is 2.91. The van der Waals surface area contributed by atoms with Crippen molar-refractivity contribution in [2.75, 3.05) is 19.8 Å². The Balaban J connectivity index is 1.12. The summed E-state index contributed by atoms with van der Waals surface area (Å²) in [5, 5.41) is 15.2. The second-order valence-corrected chi connectivity index (χ2v) is 13.4. The van der Waals surface area contributed by atoms with Crippen LogP contribution in [0.25, 0.3) is 0 Å². The maximum Gasteiger partial charge on any atom is 0.137 e. The summed E-state index contributed by atoms with van der Waals surface area (Å²) in [6.45, 7) is 6.94. The van der Waals surface area contributed by atoms with Crippen LogP contribution in [0, 0.1) is 28.6 Å². The largest absolute Gasteiger partial charge is 0.492 e. The van der Waals surface area contributed by atoms with Crippen LogP contribution in [0.15, 0.2) is 30.1 Å². The average Bonchev–Trinajstić information content (AvgIpc) is 3.29. The Morgan fingerprint density at radius 3 is 2.82 bits per heavy atom. The Morgan fingerprint density at radius 1 is 1.15 bits per heavy atom. The molecule has 7 atom stereocenters. The molecule has 0 radical (unpaired) electrons. The highest BCUT2D eigenvalue weighted by Gasteiger charge is 2.60. The number of aromatic nitrogens is 1. The summed E-state index contributed by atoms with van der Waals surface area (Å²) in [4.78, 5) is 16.7. The van der Waals surface area contributed by atoms with E-state index in [2.05, 4.69) is 36.3 Å². The van der Waals surface area contributed by atoms with E-state index in [4.69, 9.17) is 9.47 Å². The predicted molar refractivity (Wildman–Crippen MR) is 151 cm³/mol. The summed E-state index contributed by atoms with van der Waals surface area (Å²) < 4.78 is 11.9. The van der Waals surface area contributed by atoms with Crippen molar-refractivity contribution >= 4 is 5.78 Å². The van der Waals surface area contributed by atoms with Gasteiger partial charge in [-0.05, 0) is 99.0 Å². The maximum absolute atomic E-state index is 12.2. The van der Waals surface area contributed by atoms with Crippen molar-refractivity contribution in [3.63, 3.8) is 0 Å². The van der Waals surface area contributed by atoms with Crippen LogP contribution in [0.4, 0.5) is 0 Å². The number of pyridine rings is 1. The van der Waals surface area contributed by atoms with E-state index in [0.29, 0.717) is 42.6 Å². The van der Waals surface area contributed by atoms with E-state index in [1.54, 1.807) is 0 Å². The van der Waals surface area contributed by atoms with Crippen molar-refractivity contribution < 1.29 is 19.4 Å². The van der Waals surface area contributed by atoms with Crippen molar-refractivity contribution in [2.24, 2.45) is 28.6 Å². The molecule has 5 aliphatic rings. The molecule has 214 valence electrons. The molecule has 6 nitrogen and oxygen atoms in total. The third-order valence-corrected chi connectivity index (χ3v) is 11.6. The normalized spacial score (nSPS) is 37.4. The molecule has 6 heteroatoms. The number of nitrogens with zero attached hydrogens (tertiary/aromatic N) is 1. The van der Waals surface area contributed by atoms with Gasteiger partial charge in [-0.1, -0.05) is 25.5 Å². The molecule has 1 aromatic heterocycles. The van der Waals surface area contributed by atoms with E-state index in [-0.39, 0.29) is 23.0 Å². The zero-order valence-corrected chi connectivity index (χ0v) is 24.0. The average molecular weight is 537 g/mol. The number of hydrogen-bond acceptors (Lipinski definition) is 6. The number of rotatable bonds is 8. The third-order valence-electron chi connectivity index (χ3n) is 11.6. The monoisotopic (exact) mass is 536 g/mol. The van der Waals surface area contributed by atoms with E-state index >= 15 is 0 Å². The number of aliphatic hydroxyl groups excluding tert-OH is 1. The van der Waals surface area contributed by atoms with E-state index in [0.717, 1.165) is 89.6 Å². The Bertz CT molecular complexity index is 1070. The SMILES string of the molecule is CCC(NC1CCOCC1)c1cncc(OCC[C@]23CCC4C(CC=C5CC(=O)CC[C@@]54C)C2CCC3O)c1. The lowest BCUT2D eigenvalue weighted by Gasteiger charge is -2.57. The zero-order chi connectivity index (χ0) is 27.0. The highest BCUT2D eigenvalue weighted by atomic mass is 16.5. The first-order valence-corrected chi connectivity index (χ1v) is 15.7. The van der Waals surface area contributed by atoms with Crippen LogP contribution in [0.2, 0.25) is 0 Å². The third kappa shape index (κ3) is 5.10. The van der Waals surface area contributed by atoms with Crippen LogP contribution >= 0.6 is 0 Å². The number of fused-ring (bicyclic) bond motifs is 5. The number of nitrogens with one attached hydrogen (secondary N) is 1. The first-order valence-electron chi connectivity index (χ1n) is 15.7. The number of hydrogen-bond donors (Lipinski definition) is 2. The lowest BCUT2D eigenvalue weighted by molar-refractivity contribution is -0.123. The number of carbonyl (C=O) groups is 1. The molecule has 4 fully saturated rings. The van der Waals surface area contributed by atoms with Gasteiger partial charge < -0.3 is 19.9 Å². The number of carbonyl (C=O) groups excluding carboxylic acids is 1. The van der Waals surface area contributed by atoms with Gasteiger partial charge in [-0.3, -0.25) is 9.78 Å². The standard InChI is InChI=1S/C33H48N2O4/c1-3-30(35-24-10-15-38-16-11-24)22-18-26(21-34-20-22)39-17-14-33-13-9-28-27(29(33)6-7-31(33)37)5-4-23-19-25(36)8-12-32(23,28)2/h4,18,20-21,24,27-31,35,37H,3,5-17,19H2,1-2H3/t27?,28?,29?,30?,31?,32-,33+/m0/s1. The Kier molecular flexibility index (Phi) is 7.91. The second kappa shape index (κ2) is 11.3. The van der Waals surface area contributed by atoms with Crippen LogP contribution in [0.5, 0.6) is 5.75 Å². The van der Waals surface area contributed by atoms with Gasteiger partial charge in [0, 0.05) is 49.8 Å². The molecule has 39 heavy (non-hydrogen) atoms. The molecule has 1 aliphatic heterocycles. The maximum atomic E-state index is 12.2. The van der Waals surface area contributed by atoms with Crippen molar-refractivity contribution in [2.45, 2.75) is 109 Å². The van der Waals surface area contributed by atoms with E-state index in [1.807, 2.05) is 12.4 Å². The molecule has 5 unspecified atom stereocenters. The highest BCUT2D eigenvalue weighted by molar-refractivity contribution is 5.82. The minimum Gasteiger partial charge on any atom is -0.492 e. The number of ether oxygens (including phenoxy) is 2. The molecule has 0 amide bonds. The summed E-state index contributed by atoms with van der Waals surface area (Å²) in [5.41, 5.74) is 2.73. The van der Waals surface area contributed by atoms with Crippen LogP contribution in [-0.4, -0.2) is 47.8 Å². The molecule has 1 aromatic rings. The van der Waals surface area contributed by atoms with E-state index < -0.39 is 0 Å². The first kappa shape index (κ1) is 27.4. The molecule has 0 spiro atoms. The van der Waals surface area contributed by atoms with E-state index in [1.165, 1.54) is 11.1 Å². The highest BCUT2D eigenvalue weighted by Crippen LogP contribution is 2.65. The number of ketones is 1. The fourth-order valence-corrected chi connectivity index (χ4v) is 9.40. The van der Waals surface area contributed by atoms with Crippen molar-refractivity contribution in [3.05, 3.63) is 35.7 Å². The van der Waals surface area contributed by atoms with Gasteiger partial charge in [0.15, 0.2) is 0 Å². The molecule has 2 N–H and O–H groups in total. The predicted octanol–water partition coefficient (Wildman–Crippen LogP) is 5.94. The Morgan fingerprint density at radius 2 is 2.00 bits per heavy atom. The van der Waals surface area contributed by atoms with Crippen LogP contribution in [0.3, 0.4) is 0 Å². The van der Waals surface area contributed by atoms with Crippen LogP contribution in [-0.2, 0) is 9.53 Å². The fourth-order valence-electron chi connectivity index (χ4n) is 9.40. The number of aliphatic hydroxyl groups is 1. The summed E-state index contributed by atoms with van der Waals surface area (Å²) in [5.74, 6) is 3.05. The molecule has 0 aromatic carbocycles. The lowest BCUT2D eigenvalue weighted by atomic mass is 9.47. The van der Waals surface area contributed by atoms with Gasteiger partial charge in [-0.15, -0.1) is 0 Å². The van der Waals surface area contributed by atoms with Gasteiger partial charge in [-0.25, -0.2) is 0 Å². The minimum absolute atomic E-state index is 0.0467. The molecule has 6 rings (SSSR count). The minimum atomic E-state index is -0.240. The molecular weight excluding hydrogens is 488 g/mol. The first-order chi connectivity index (χ1) is 18.9. The summed E-state index contributed by atoms with van der Waals surface area (Å²) >= 11 is 0. The second-order valence-electron chi connectivity index (χ2n) is 13.4. The van der Waals surface area contributed by atoms with Crippen LogP contribution < -0.4 is 10.1 Å². The summed E-state index contributed by atoms with van der Waals surface area (Å²) in [6.07, 6.45) is 17.8. The lowest BCUT2D eigenvalue weighted by Crippen LogP contribution is -2.52. The van der Waals surface area contributed by atoms with Crippen molar-refractivity contribution in [1.29, 1.82) is 0 Å². The quantitative estimate of drug-likeness (QED) is 0.400. The van der Waals surface area contributed by atoms with Crippen LogP contribution in [0.1, 0.15) is 103 Å². The van der Waals surface area contributed by atoms with Crippen molar-refractivity contribution in [1.82, 2.24) is 10.3 Å². The molecule has 4 aliphatic carbocycles. The van der Waals surface area contributed by atoms with Gasteiger partial charge in [0.25, 0.3) is 0 Å². The van der Waals surface area contributed by atoms with Gasteiger partial charge in [-0.2, -0.15) is 0 Å². The Labute approximate surface area is 234 Å². The molecule has 1 saturated heterocycles. The smallest absolute Gasteiger partial charge is 0.137 e. The van der Waals surface area contributed by atoms with Gasteiger partial charge in [0.2, 0.25) is 0 Å². The van der Waals surface area contributed by atoms with Gasteiger partial charge >= 0.3 is 0 Å². The van der Waals surface area contributed by atoms with Crippen molar-refractivity contribution in [3.8, 4) is 5.75 Å². The fraction of sp³-hybridized carbons (Fsp3) is 0.758. The topological polar surface area (TPSA) is 80.7 Å². The number of allylic oxidation sites excluding steroid dienone is 2. The van der Waals surface area contributed by atoms with E-state index in [9.17, 15) is 9.90 Å². The zero-order valence-electron chi connectivity index (χ0n) is 24.0. The molecule has 0 bridgehead atoms. The van der Waals surface area contributed by atoms with Gasteiger partial charge in [0.1, 0.15) is 11.5 Å². The molecule has 3 saturated carbocycles. The molecule has 2 heterocycles. The summed E-state index contributed by atoms with van der Waals surface area (Å²) in [7, 11) is 0. The number of Topliss-reactive ketones (excluding diaryl/α,β-unsaturated/α-hetero) is 1. The van der Waals surface area contributed by atoms with Gasteiger partial charge in [0.05, 0.1) is 18.9 Å².